The maximum Gasteiger partial charge on any atom is 0.137 e. The highest BCUT2D eigenvalue weighted by molar-refractivity contribution is 5.54. The van der Waals surface area contributed by atoms with Crippen LogP contribution in [0.3, 0.4) is 0 Å². The predicted molar refractivity (Wildman–Crippen MR) is 61.4 cm³/mol. The van der Waals surface area contributed by atoms with Crippen molar-refractivity contribution in [1.29, 1.82) is 0 Å². The van der Waals surface area contributed by atoms with Crippen molar-refractivity contribution in [2.24, 2.45) is 5.73 Å². The Morgan fingerprint density at radius 1 is 1.20 bits per heavy atom. The monoisotopic (exact) mass is 201 g/mol. The van der Waals surface area contributed by atoms with Gasteiger partial charge in [0.25, 0.3) is 0 Å². The van der Waals surface area contributed by atoms with E-state index in [2.05, 4.69) is 9.97 Å². The zero-order valence-electron chi connectivity index (χ0n) is 8.61. The summed E-state index contributed by atoms with van der Waals surface area (Å²) >= 11 is 0. The smallest absolute Gasteiger partial charge is 0.137 e. The van der Waals surface area contributed by atoms with Gasteiger partial charge >= 0.3 is 0 Å². The number of aromatic nitrogens is 2. The number of rotatable bonds is 4. The highest BCUT2D eigenvalue weighted by Crippen LogP contribution is 2.14. The van der Waals surface area contributed by atoms with Crippen molar-refractivity contribution in [3.8, 4) is 11.4 Å². The number of nitrogens with two attached hydrogens (primary N) is 1. The van der Waals surface area contributed by atoms with Crippen molar-refractivity contribution in [2.45, 2.75) is 12.8 Å². The number of benzene rings is 1. The third kappa shape index (κ3) is 2.44. The van der Waals surface area contributed by atoms with Crippen molar-refractivity contribution in [2.75, 3.05) is 6.54 Å². The van der Waals surface area contributed by atoms with Gasteiger partial charge in [0.2, 0.25) is 0 Å². The second kappa shape index (κ2) is 4.75. The Bertz CT molecular complexity index is 406. The van der Waals surface area contributed by atoms with Crippen LogP contribution in [0.2, 0.25) is 0 Å². The van der Waals surface area contributed by atoms with Gasteiger partial charge in [-0.25, -0.2) is 4.98 Å². The van der Waals surface area contributed by atoms with Crippen LogP contribution in [0, 0.1) is 0 Å². The van der Waals surface area contributed by atoms with E-state index < -0.39 is 0 Å². The van der Waals surface area contributed by atoms with Gasteiger partial charge in [0.15, 0.2) is 0 Å². The normalized spacial score (nSPS) is 10.5. The van der Waals surface area contributed by atoms with Crippen molar-refractivity contribution >= 4 is 0 Å². The Morgan fingerprint density at radius 2 is 2.00 bits per heavy atom. The molecule has 78 valence electrons. The molecule has 0 radical (unpaired) electrons. The maximum absolute atomic E-state index is 5.46. The summed E-state index contributed by atoms with van der Waals surface area (Å²) in [7, 11) is 0. The van der Waals surface area contributed by atoms with Crippen LogP contribution in [0.15, 0.2) is 36.5 Å². The Hall–Kier alpha value is -1.61. The van der Waals surface area contributed by atoms with E-state index in [1.807, 2.05) is 36.5 Å². The van der Waals surface area contributed by atoms with E-state index in [1.165, 1.54) is 0 Å². The summed E-state index contributed by atoms with van der Waals surface area (Å²) in [6.07, 6.45) is 3.89. The van der Waals surface area contributed by atoms with E-state index in [0.717, 1.165) is 29.9 Å². The van der Waals surface area contributed by atoms with E-state index in [-0.39, 0.29) is 0 Å². The molecule has 0 spiro atoms. The molecule has 0 aliphatic carbocycles. The lowest BCUT2D eigenvalue weighted by Gasteiger charge is -1.94. The summed E-state index contributed by atoms with van der Waals surface area (Å²) in [6.45, 7) is 0.716. The third-order valence-corrected chi connectivity index (χ3v) is 2.32. The van der Waals surface area contributed by atoms with E-state index in [1.54, 1.807) is 0 Å². The average molecular weight is 201 g/mol. The van der Waals surface area contributed by atoms with Crippen LogP contribution in [-0.2, 0) is 6.42 Å². The first-order valence-electron chi connectivity index (χ1n) is 5.20. The van der Waals surface area contributed by atoms with Crippen LogP contribution in [-0.4, -0.2) is 16.5 Å². The van der Waals surface area contributed by atoms with E-state index in [0.29, 0.717) is 6.54 Å². The van der Waals surface area contributed by atoms with Crippen LogP contribution in [0.1, 0.15) is 12.1 Å². The van der Waals surface area contributed by atoms with Gasteiger partial charge in [-0.05, 0) is 19.4 Å². The molecule has 3 heteroatoms. The van der Waals surface area contributed by atoms with Gasteiger partial charge < -0.3 is 10.7 Å². The van der Waals surface area contributed by atoms with Gasteiger partial charge in [-0.3, -0.25) is 0 Å². The van der Waals surface area contributed by atoms with Gasteiger partial charge in [0.05, 0.1) is 5.69 Å². The second-order valence-electron chi connectivity index (χ2n) is 3.50. The molecule has 3 N–H and O–H groups in total. The molecule has 0 atom stereocenters. The first-order valence-corrected chi connectivity index (χ1v) is 5.20. The fourth-order valence-electron chi connectivity index (χ4n) is 1.51. The summed E-state index contributed by atoms with van der Waals surface area (Å²) in [4.78, 5) is 7.69. The number of hydrogen-bond acceptors (Lipinski definition) is 2. The topological polar surface area (TPSA) is 54.7 Å². The summed E-state index contributed by atoms with van der Waals surface area (Å²) in [5.41, 5.74) is 7.66. The summed E-state index contributed by atoms with van der Waals surface area (Å²) in [6, 6.07) is 10.1. The molecular formula is C12H15N3. The van der Waals surface area contributed by atoms with Crippen molar-refractivity contribution in [1.82, 2.24) is 9.97 Å². The molecule has 2 aromatic rings. The predicted octanol–water partition coefficient (Wildman–Crippen LogP) is 1.97. The Kier molecular flexibility index (Phi) is 3.15. The molecule has 0 aliphatic heterocycles. The van der Waals surface area contributed by atoms with Gasteiger partial charge in [-0.1, -0.05) is 30.3 Å². The van der Waals surface area contributed by atoms with E-state index in [9.17, 15) is 0 Å². The SMILES string of the molecule is NCCCc1c[nH]c(-c2ccccc2)n1. The molecule has 0 aliphatic rings. The van der Waals surface area contributed by atoms with E-state index >= 15 is 0 Å². The highest BCUT2D eigenvalue weighted by atomic mass is 14.9. The molecule has 0 saturated heterocycles. The minimum atomic E-state index is 0.716. The van der Waals surface area contributed by atoms with Crippen LogP contribution in [0.25, 0.3) is 11.4 Å². The standard InChI is InChI=1S/C12H15N3/c13-8-4-7-11-9-14-12(15-11)10-5-2-1-3-6-10/h1-3,5-6,9H,4,7-8,13H2,(H,14,15). The number of nitrogens with one attached hydrogen (secondary N) is 1. The number of aromatic amines is 1. The first-order chi connectivity index (χ1) is 7.40. The van der Waals surface area contributed by atoms with Crippen molar-refractivity contribution in [3.05, 3.63) is 42.2 Å². The zero-order chi connectivity index (χ0) is 10.5. The fraction of sp³-hybridized carbons (Fsp3) is 0.250. The molecule has 1 aromatic heterocycles. The summed E-state index contributed by atoms with van der Waals surface area (Å²) in [5.74, 6) is 0.933. The Morgan fingerprint density at radius 3 is 2.73 bits per heavy atom. The fourth-order valence-corrected chi connectivity index (χ4v) is 1.51. The Labute approximate surface area is 89.4 Å². The molecule has 1 heterocycles. The molecule has 3 nitrogen and oxygen atoms in total. The van der Waals surface area contributed by atoms with Crippen molar-refractivity contribution < 1.29 is 0 Å². The summed E-state index contributed by atoms with van der Waals surface area (Å²) in [5, 5.41) is 0. The maximum atomic E-state index is 5.46. The number of imidazole rings is 1. The van der Waals surface area contributed by atoms with Gasteiger partial charge in [0.1, 0.15) is 5.82 Å². The number of nitrogens with zero attached hydrogens (tertiary/aromatic N) is 1. The molecule has 1 aromatic carbocycles. The number of aryl methyl sites for hydroxylation is 1. The largest absolute Gasteiger partial charge is 0.344 e. The van der Waals surface area contributed by atoms with Gasteiger partial charge in [-0.15, -0.1) is 0 Å². The minimum Gasteiger partial charge on any atom is -0.344 e. The van der Waals surface area contributed by atoms with Crippen molar-refractivity contribution in [3.63, 3.8) is 0 Å². The highest BCUT2D eigenvalue weighted by Gasteiger charge is 2.02. The molecule has 0 bridgehead atoms. The Balaban J connectivity index is 2.14. The summed E-state index contributed by atoms with van der Waals surface area (Å²) < 4.78 is 0. The molecule has 0 unspecified atom stereocenters. The molecular weight excluding hydrogens is 186 g/mol. The van der Waals surface area contributed by atoms with Gasteiger partial charge in [-0.2, -0.15) is 0 Å². The zero-order valence-corrected chi connectivity index (χ0v) is 8.61. The minimum absolute atomic E-state index is 0.716. The lowest BCUT2D eigenvalue weighted by Crippen LogP contribution is -2.00. The number of H-pyrrole nitrogens is 1. The molecule has 0 amide bonds. The van der Waals surface area contributed by atoms with Crippen LogP contribution in [0.5, 0.6) is 0 Å². The lowest BCUT2D eigenvalue weighted by molar-refractivity contribution is 0.816. The second-order valence-corrected chi connectivity index (χ2v) is 3.50. The van der Waals surface area contributed by atoms with Crippen LogP contribution in [0.4, 0.5) is 0 Å². The average Bonchev–Trinajstić information content (AvgIpc) is 2.76. The molecule has 0 saturated carbocycles. The van der Waals surface area contributed by atoms with Crippen LogP contribution < -0.4 is 5.73 Å². The first kappa shape index (κ1) is 9.93. The molecule has 2 rings (SSSR count). The quantitative estimate of drug-likeness (QED) is 0.794. The third-order valence-electron chi connectivity index (χ3n) is 2.32. The molecule has 15 heavy (non-hydrogen) atoms. The number of hydrogen-bond donors (Lipinski definition) is 2. The van der Waals surface area contributed by atoms with Crippen LogP contribution >= 0.6 is 0 Å². The molecule has 0 fully saturated rings. The lowest BCUT2D eigenvalue weighted by atomic mass is 10.2. The van der Waals surface area contributed by atoms with E-state index in [4.69, 9.17) is 5.73 Å². The van der Waals surface area contributed by atoms with Gasteiger partial charge in [0, 0.05) is 11.8 Å².